The molecule has 8 heteroatoms. The number of aromatic nitrogens is 3. The van der Waals surface area contributed by atoms with Gasteiger partial charge in [0.05, 0.1) is 18.5 Å². The van der Waals surface area contributed by atoms with Crippen molar-refractivity contribution in [2.45, 2.75) is 65.8 Å². The number of methoxy groups -OCH3 is 1. The van der Waals surface area contributed by atoms with E-state index in [2.05, 4.69) is 24.7 Å². The van der Waals surface area contributed by atoms with Gasteiger partial charge in [-0.15, -0.1) is 13.2 Å². The minimum absolute atomic E-state index is 0.270. The predicted octanol–water partition coefficient (Wildman–Crippen LogP) is 6.49. The van der Waals surface area contributed by atoms with Gasteiger partial charge in [-0.1, -0.05) is 20.8 Å². The molecule has 0 radical (unpaired) electrons. The zero-order valence-electron chi connectivity index (χ0n) is 18.5. The van der Waals surface area contributed by atoms with Crippen molar-refractivity contribution in [3.63, 3.8) is 0 Å². The maximum absolute atomic E-state index is 12.6. The fraction of sp³-hybridized carbons (Fsp3) is 0.478. The van der Waals surface area contributed by atoms with Crippen molar-refractivity contribution in [1.29, 1.82) is 0 Å². The summed E-state index contributed by atoms with van der Waals surface area (Å²) in [6.45, 7) is 9.03. The van der Waals surface area contributed by atoms with E-state index in [1.54, 1.807) is 6.07 Å². The van der Waals surface area contributed by atoms with E-state index in [0.29, 0.717) is 30.1 Å². The van der Waals surface area contributed by atoms with Crippen LogP contribution in [0.25, 0.3) is 22.3 Å². The summed E-state index contributed by atoms with van der Waals surface area (Å²) in [6.07, 6.45) is -2.08. The first-order valence-electron chi connectivity index (χ1n) is 10.6. The van der Waals surface area contributed by atoms with Crippen LogP contribution in [0.5, 0.6) is 11.5 Å². The third-order valence-corrected chi connectivity index (χ3v) is 5.54. The zero-order chi connectivity index (χ0) is 22.8. The predicted molar refractivity (Wildman–Crippen MR) is 115 cm³/mol. The minimum Gasteiger partial charge on any atom is -0.496 e. The highest BCUT2D eigenvalue weighted by Crippen LogP contribution is 2.38. The quantitative estimate of drug-likeness (QED) is 0.406. The Bertz CT molecular complexity index is 1060. The van der Waals surface area contributed by atoms with Crippen LogP contribution < -0.4 is 9.47 Å². The second-order valence-corrected chi connectivity index (χ2v) is 7.35. The second kappa shape index (κ2) is 9.16. The van der Waals surface area contributed by atoms with E-state index < -0.39 is 6.36 Å². The number of ether oxygens (including phenoxy) is 2. The van der Waals surface area contributed by atoms with Crippen LogP contribution in [0.1, 0.15) is 57.7 Å². The maximum atomic E-state index is 12.6. The molecule has 0 N–H and O–H groups in total. The van der Waals surface area contributed by atoms with E-state index in [-0.39, 0.29) is 11.5 Å². The van der Waals surface area contributed by atoms with Gasteiger partial charge in [0, 0.05) is 29.5 Å². The molecule has 0 bridgehead atoms. The van der Waals surface area contributed by atoms with Gasteiger partial charge in [-0.3, -0.25) is 0 Å². The first-order chi connectivity index (χ1) is 14.8. The van der Waals surface area contributed by atoms with Crippen molar-refractivity contribution in [3.8, 4) is 22.8 Å². The van der Waals surface area contributed by atoms with Crippen LogP contribution in [0, 0.1) is 0 Å². The molecule has 0 aliphatic carbocycles. The lowest BCUT2D eigenvalue weighted by Gasteiger charge is -2.15. The molecule has 2 heterocycles. The second-order valence-electron chi connectivity index (χ2n) is 7.35. The highest BCUT2D eigenvalue weighted by Gasteiger charge is 2.31. The first-order valence-corrected chi connectivity index (χ1v) is 10.6. The average molecular weight is 435 g/mol. The molecule has 0 unspecified atom stereocenters. The molecule has 2 aromatic heterocycles. The van der Waals surface area contributed by atoms with Crippen LogP contribution in [0.4, 0.5) is 13.2 Å². The molecule has 31 heavy (non-hydrogen) atoms. The molecule has 0 spiro atoms. The lowest BCUT2D eigenvalue weighted by Crippen LogP contribution is -2.17. The Balaban J connectivity index is 2.20. The summed E-state index contributed by atoms with van der Waals surface area (Å²) in [4.78, 5) is 4.93. The van der Waals surface area contributed by atoms with E-state index >= 15 is 0 Å². The smallest absolute Gasteiger partial charge is 0.496 e. The van der Waals surface area contributed by atoms with Gasteiger partial charge < -0.3 is 9.47 Å². The highest BCUT2D eigenvalue weighted by atomic mass is 19.4. The molecule has 0 saturated carbocycles. The molecular weight excluding hydrogens is 407 g/mol. The Labute approximate surface area is 180 Å². The molecular formula is C23H28F3N3O2. The van der Waals surface area contributed by atoms with E-state index in [1.165, 1.54) is 19.2 Å². The summed E-state index contributed by atoms with van der Waals surface area (Å²) < 4.78 is 49.2. The summed E-state index contributed by atoms with van der Waals surface area (Å²) in [6, 6.07) is 6.19. The van der Waals surface area contributed by atoms with Crippen molar-refractivity contribution < 1.29 is 22.6 Å². The maximum Gasteiger partial charge on any atom is 0.573 e. The van der Waals surface area contributed by atoms with Crippen molar-refractivity contribution in [3.05, 3.63) is 35.5 Å². The molecule has 3 rings (SSSR count). The Morgan fingerprint density at radius 3 is 2.32 bits per heavy atom. The van der Waals surface area contributed by atoms with Crippen LogP contribution >= 0.6 is 0 Å². The van der Waals surface area contributed by atoms with Gasteiger partial charge in [-0.2, -0.15) is 5.10 Å². The molecule has 0 fully saturated rings. The Hall–Kier alpha value is -2.77. The lowest BCUT2D eigenvalue weighted by molar-refractivity contribution is -0.274. The molecule has 168 valence electrons. The van der Waals surface area contributed by atoms with Crippen molar-refractivity contribution in [2.24, 2.45) is 0 Å². The molecule has 3 aromatic rings. The van der Waals surface area contributed by atoms with Gasteiger partial charge in [0.2, 0.25) is 0 Å². The number of fused-ring (bicyclic) bond motifs is 1. The number of halogens is 3. The summed E-state index contributed by atoms with van der Waals surface area (Å²) in [5, 5.41) is 5.87. The number of alkyl halides is 3. The Morgan fingerprint density at radius 1 is 1.06 bits per heavy atom. The van der Waals surface area contributed by atoms with Crippen LogP contribution in [0.2, 0.25) is 0 Å². The molecule has 5 nitrogen and oxygen atoms in total. The number of rotatable bonds is 8. The summed E-state index contributed by atoms with van der Waals surface area (Å²) in [5.41, 5.74) is 4.10. The van der Waals surface area contributed by atoms with E-state index in [9.17, 15) is 13.2 Å². The minimum atomic E-state index is -4.77. The molecule has 1 aromatic carbocycles. The molecule has 0 aliphatic heterocycles. The van der Waals surface area contributed by atoms with Gasteiger partial charge in [0.15, 0.2) is 5.65 Å². The van der Waals surface area contributed by atoms with Crippen LogP contribution in [0.3, 0.4) is 0 Å². The Morgan fingerprint density at radius 2 is 1.77 bits per heavy atom. The number of nitrogens with zero attached hydrogens (tertiary/aromatic N) is 3. The molecule has 0 aliphatic rings. The summed E-state index contributed by atoms with van der Waals surface area (Å²) in [5.74, 6) is 0.286. The van der Waals surface area contributed by atoms with Gasteiger partial charge in [-0.25, -0.2) is 9.67 Å². The summed E-state index contributed by atoms with van der Waals surface area (Å²) >= 11 is 0. The number of benzene rings is 1. The average Bonchev–Trinajstić information content (AvgIpc) is 3.10. The van der Waals surface area contributed by atoms with Crippen LogP contribution in [0.15, 0.2) is 24.3 Å². The van der Waals surface area contributed by atoms with Crippen molar-refractivity contribution in [2.75, 3.05) is 7.11 Å². The first kappa shape index (κ1) is 22.9. The summed E-state index contributed by atoms with van der Waals surface area (Å²) in [7, 11) is 1.42. The van der Waals surface area contributed by atoms with Gasteiger partial charge in [0.25, 0.3) is 0 Å². The van der Waals surface area contributed by atoms with E-state index in [1.807, 2.05) is 18.5 Å². The fourth-order valence-electron chi connectivity index (χ4n) is 3.93. The van der Waals surface area contributed by atoms with Crippen LogP contribution in [-0.2, 0) is 13.0 Å². The topological polar surface area (TPSA) is 49.2 Å². The highest BCUT2D eigenvalue weighted by molar-refractivity contribution is 5.85. The van der Waals surface area contributed by atoms with Gasteiger partial charge >= 0.3 is 6.36 Å². The van der Waals surface area contributed by atoms with Crippen molar-refractivity contribution >= 4 is 11.0 Å². The molecule has 0 amide bonds. The monoisotopic (exact) mass is 435 g/mol. The largest absolute Gasteiger partial charge is 0.573 e. The fourth-order valence-corrected chi connectivity index (χ4v) is 3.93. The van der Waals surface area contributed by atoms with Gasteiger partial charge in [-0.05, 0) is 49.9 Å². The normalized spacial score (nSPS) is 12.0. The standard InChI is InChI=1S/C23H28F3N3O2/c1-6-14(7-2)21-18-12-15(8-3)20(27-22(18)29(9-4)28-21)17-11-10-16(13-19(17)30-5)31-23(24,25)26/h10-14H,6-9H2,1-5H3. The number of hydrogen-bond donors (Lipinski definition) is 0. The number of hydrogen-bond acceptors (Lipinski definition) is 4. The lowest BCUT2D eigenvalue weighted by atomic mass is 9.95. The molecule has 0 atom stereocenters. The molecule has 0 saturated heterocycles. The number of aryl methyl sites for hydroxylation is 2. The van der Waals surface area contributed by atoms with Gasteiger partial charge in [0.1, 0.15) is 11.5 Å². The Kier molecular flexibility index (Phi) is 6.77. The van der Waals surface area contributed by atoms with Crippen LogP contribution in [-0.4, -0.2) is 28.2 Å². The van der Waals surface area contributed by atoms with Crippen molar-refractivity contribution in [1.82, 2.24) is 14.8 Å². The van der Waals surface area contributed by atoms with E-state index in [4.69, 9.17) is 14.8 Å². The third kappa shape index (κ3) is 4.62. The number of pyridine rings is 1. The van der Waals surface area contributed by atoms with E-state index in [0.717, 1.165) is 35.1 Å². The third-order valence-electron chi connectivity index (χ3n) is 5.54. The zero-order valence-corrected chi connectivity index (χ0v) is 18.5. The SMILES string of the molecule is CCc1cc2c(C(CC)CC)nn(CC)c2nc1-c1ccc(OC(F)(F)F)cc1OC.